The van der Waals surface area contributed by atoms with Crippen molar-refractivity contribution < 1.29 is 14.0 Å². The van der Waals surface area contributed by atoms with Crippen LogP contribution in [-0.2, 0) is 4.79 Å². The lowest BCUT2D eigenvalue weighted by atomic mass is 9.77. The van der Waals surface area contributed by atoms with Gasteiger partial charge in [0.25, 0.3) is 0 Å². The van der Waals surface area contributed by atoms with E-state index in [0.717, 1.165) is 5.39 Å². The lowest BCUT2D eigenvalue weighted by Gasteiger charge is -2.33. The summed E-state index contributed by atoms with van der Waals surface area (Å²) in [4.78, 5) is 24.7. The van der Waals surface area contributed by atoms with Gasteiger partial charge in [0.05, 0.1) is 6.17 Å². The topological polar surface area (TPSA) is 83.4 Å². The van der Waals surface area contributed by atoms with E-state index in [1.54, 1.807) is 6.07 Å². The molecular weight excluding hydrogens is 282 g/mol. The first-order chi connectivity index (χ1) is 10.6. The summed E-state index contributed by atoms with van der Waals surface area (Å²) in [6, 6.07) is 9.39. The number of nitrogens with one attached hydrogen (secondary N) is 3. The number of ketones is 1. The second-order valence-corrected chi connectivity index (χ2v) is 6.02. The molecular formula is C16H17N3O3. The third-order valence-electron chi connectivity index (χ3n) is 4.62. The van der Waals surface area contributed by atoms with E-state index in [1.807, 2.05) is 31.2 Å². The number of benzene rings is 1. The number of hydrogen-bond donors (Lipinski definition) is 3. The quantitative estimate of drug-likeness (QED) is 0.726. The molecule has 4 unspecified atom stereocenters. The number of carbonyl (C=O) groups is 2. The van der Waals surface area contributed by atoms with Gasteiger partial charge in [0, 0.05) is 29.7 Å². The first-order valence-electron chi connectivity index (χ1n) is 7.47. The summed E-state index contributed by atoms with van der Waals surface area (Å²) in [6.07, 6.45) is -0.0142. The van der Waals surface area contributed by atoms with Crippen molar-refractivity contribution in [3.8, 4) is 0 Å². The number of para-hydroxylation sites is 1. The van der Waals surface area contributed by atoms with Gasteiger partial charge in [0.15, 0.2) is 5.76 Å². The van der Waals surface area contributed by atoms with Crippen LogP contribution in [0.2, 0.25) is 0 Å². The predicted molar refractivity (Wildman–Crippen MR) is 79.8 cm³/mol. The highest BCUT2D eigenvalue weighted by molar-refractivity contribution is 6.01. The monoisotopic (exact) mass is 299 g/mol. The summed E-state index contributed by atoms with van der Waals surface area (Å²) >= 11 is 0. The number of piperidine rings is 1. The zero-order chi connectivity index (χ0) is 15.3. The molecule has 2 aromatic rings. The maximum atomic E-state index is 12.9. The van der Waals surface area contributed by atoms with Crippen molar-refractivity contribution in [2.45, 2.75) is 25.6 Å². The molecule has 2 aliphatic rings. The lowest BCUT2D eigenvalue weighted by molar-refractivity contribution is -0.125. The fraction of sp³-hybridized carbons (Fsp3) is 0.375. The van der Waals surface area contributed by atoms with E-state index in [4.69, 9.17) is 4.42 Å². The van der Waals surface area contributed by atoms with Crippen LogP contribution in [0.15, 0.2) is 34.7 Å². The molecule has 4 rings (SSSR count). The van der Waals surface area contributed by atoms with Gasteiger partial charge in [0.2, 0.25) is 11.7 Å². The summed E-state index contributed by atoms with van der Waals surface area (Å²) in [5.41, 5.74) is 6.83. The van der Waals surface area contributed by atoms with Gasteiger partial charge in [0.1, 0.15) is 5.58 Å². The van der Waals surface area contributed by atoms with Crippen LogP contribution in [0.25, 0.3) is 11.0 Å². The maximum absolute atomic E-state index is 12.9. The van der Waals surface area contributed by atoms with Crippen LogP contribution in [0.3, 0.4) is 0 Å². The summed E-state index contributed by atoms with van der Waals surface area (Å²) in [5.74, 6) is -0.244. The molecule has 0 spiro atoms. The minimum absolute atomic E-state index is 0.0124. The van der Waals surface area contributed by atoms with Gasteiger partial charge in [-0.15, -0.1) is 0 Å². The smallest absolute Gasteiger partial charge is 0.222 e. The molecule has 1 aromatic carbocycles. The summed E-state index contributed by atoms with van der Waals surface area (Å²) in [5, 5.41) is 3.78. The van der Waals surface area contributed by atoms with Crippen LogP contribution in [0.1, 0.15) is 23.9 Å². The second-order valence-electron chi connectivity index (χ2n) is 6.02. The number of rotatable bonds is 2. The van der Waals surface area contributed by atoms with Crippen molar-refractivity contribution in [1.29, 1.82) is 0 Å². The fourth-order valence-corrected chi connectivity index (χ4v) is 3.54. The van der Waals surface area contributed by atoms with Gasteiger partial charge in [-0.05, 0) is 19.1 Å². The molecule has 0 saturated carbocycles. The third-order valence-corrected chi connectivity index (χ3v) is 4.62. The van der Waals surface area contributed by atoms with Crippen LogP contribution in [0, 0.1) is 11.8 Å². The average molecular weight is 299 g/mol. The molecule has 2 fully saturated rings. The molecule has 6 nitrogen and oxygen atoms in total. The number of Topliss-reactive ketones (excluding diaryl/α,β-unsaturated/α-hetero) is 1. The molecule has 6 heteroatoms. The van der Waals surface area contributed by atoms with Gasteiger partial charge in [-0.25, -0.2) is 5.43 Å². The van der Waals surface area contributed by atoms with Gasteiger partial charge >= 0.3 is 0 Å². The first-order valence-corrected chi connectivity index (χ1v) is 7.47. The van der Waals surface area contributed by atoms with E-state index in [0.29, 0.717) is 11.3 Å². The number of carbonyl (C=O) groups excluding carboxylic acids is 2. The molecule has 0 aliphatic carbocycles. The zero-order valence-corrected chi connectivity index (χ0v) is 12.1. The van der Waals surface area contributed by atoms with E-state index < -0.39 is 0 Å². The molecule has 2 aliphatic heterocycles. The highest BCUT2D eigenvalue weighted by atomic mass is 16.3. The van der Waals surface area contributed by atoms with E-state index in [9.17, 15) is 9.59 Å². The summed E-state index contributed by atoms with van der Waals surface area (Å²) < 4.78 is 5.68. The molecule has 114 valence electrons. The second kappa shape index (κ2) is 4.93. The SMILES string of the molecule is CC1NNC2NC(=O)CC(C(=O)c3cc4ccccc4o3)C12. The fourth-order valence-electron chi connectivity index (χ4n) is 3.54. The maximum Gasteiger partial charge on any atom is 0.222 e. The Morgan fingerprint density at radius 2 is 2.09 bits per heavy atom. The first kappa shape index (κ1) is 13.5. The Hall–Kier alpha value is -2.18. The Kier molecular flexibility index (Phi) is 3.02. The third kappa shape index (κ3) is 2.03. The number of hydrazine groups is 1. The van der Waals surface area contributed by atoms with E-state index in [2.05, 4.69) is 16.2 Å². The van der Waals surface area contributed by atoms with E-state index >= 15 is 0 Å². The normalized spacial score (nSPS) is 31.0. The summed E-state index contributed by atoms with van der Waals surface area (Å²) in [7, 11) is 0. The van der Waals surface area contributed by atoms with Crippen molar-refractivity contribution in [3.63, 3.8) is 0 Å². The Labute approximate surface area is 127 Å². The number of furan rings is 1. The molecule has 1 amide bonds. The number of amides is 1. The Bertz CT molecular complexity index is 721. The molecule has 0 bridgehead atoms. The van der Waals surface area contributed by atoms with Crippen LogP contribution in [0.5, 0.6) is 0 Å². The van der Waals surface area contributed by atoms with Gasteiger partial charge < -0.3 is 9.73 Å². The standard InChI is InChI=1S/C16H17N3O3/c1-8-14-10(7-13(20)17-16(14)19-18-8)15(21)12-6-9-4-2-3-5-11(9)22-12/h2-6,8,10,14,16,18-19H,7H2,1H3,(H,17,20). The number of fused-ring (bicyclic) bond motifs is 2. The Morgan fingerprint density at radius 3 is 2.91 bits per heavy atom. The van der Waals surface area contributed by atoms with Crippen molar-refractivity contribution in [3.05, 3.63) is 36.1 Å². The minimum atomic E-state index is -0.378. The van der Waals surface area contributed by atoms with Gasteiger partial charge in [-0.2, -0.15) is 0 Å². The number of hydrogen-bond acceptors (Lipinski definition) is 5. The van der Waals surface area contributed by atoms with Crippen LogP contribution < -0.4 is 16.2 Å². The molecule has 0 radical (unpaired) electrons. The van der Waals surface area contributed by atoms with Crippen LogP contribution in [0.4, 0.5) is 0 Å². The van der Waals surface area contributed by atoms with Crippen molar-refractivity contribution in [1.82, 2.24) is 16.2 Å². The predicted octanol–water partition coefficient (Wildman–Crippen LogP) is 1.19. The molecule has 22 heavy (non-hydrogen) atoms. The molecule has 4 atom stereocenters. The molecule has 1 aromatic heterocycles. The van der Waals surface area contributed by atoms with Gasteiger partial charge in [-0.1, -0.05) is 18.2 Å². The Balaban J connectivity index is 1.69. The molecule has 3 N–H and O–H groups in total. The van der Waals surface area contributed by atoms with Crippen molar-refractivity contribution in [2.75, 3.05) is 0 Å². The van der Waals surface area contributed by atoms with Crippen molar-refractivity contribution >= 4 is 22.7 Å². The van der Waals surface area contributed by atoms with Crippen LogP contribution >= 0.6 is 0 Å². The zero-order valence-electron chi connectivity index (χ0n) is 12.1. The van der Waals surface area contributed by atoms with E-state index in [1.165, 1.54) is 0 Å². The highest BCUT2D eigenvalue weighted by Crippen LogP contribution is 2.33. The average Bonchev–Trinajstić information content (AvgIpc) is 3.09. The van der Waals surface area contributed by atoms with Gasteiger partial charge in [-0.3, -0.25) is 15.0 Å². The summed E-state index contributed by atoms with van der Waals surface area (Å²) in [6.45, 7) is 2.01. The molecule has 2 saturated heterocycles. The minimum Gasteiger partial charge on any atom is -0.453 e. The van der Waals surface area contributed by atoms with Crippen LogP contribution in [-0.4, -0.2) is 23.9 Å². The largest absolute Gasteiger partial charge is 0.453 e. The highest BCUT2D eigenvalue weighted by Gasteiger charge is 2.47. The van der Waals surface area contributed by atoms with Crippen molar-refractivity contribution in [2.24, 2.45) is 11.8 Å². The van der Waals surface area contributed by atoms with E-state index in [-0.39, 0.29) is 42.2 Å². The molecule has 3 heterocycles. The lowest BCUT2D eigenvalue weighted by Crippen LogP contribution is -2.54. The Morgan fingerprint density at radius 1 is 1.27 bits per heavy atom.